The predicted octanol–water partition coefficient (Wildman–Crippen LogP) is 7.93. The van der Waals surface area contributed by atoms with Gasteiger partial charge in [-0.3, -0.25) is 18.6 Å². The molecule has 2 atom stereocenters. The molecule has 0 radical (unpaired) electrons. The Kier molecular flexibility index (Phi) is 28.0. The standard InChI is InChI=1S/C31H60NO8P/c1-3-5-7-9-11-13-14-16-18-20-22-24-31(34)40-29(28-39-41(35,36)38-26-25-32)27-37-30(33)23-21-19-17-15-12-10-8-6-4-2/h9,11,29H,3-8,10,12-28,32H2,1-2H3,(H,35,36)/b11-9-/t29-/m1/s1. The molecule has 0 heterocycles. The van der Waals surface area contributed by atoms with Crippen molar-refractivity contribution in [3.8, 4) is 0 Å². The molecule has 0 aliphatic rings. The minimum atomic E-state index is -4.36. The predicted molar refractivity (Wildman–Crippen MR) is 164 cm³/mol. The van der Waals surface area contributed by atoms with Gasteiger partial charge in [0.1, 0.15) is 6.61 Å². The van der Waals surface area contributed by atoms with E-state index in [0.717, 1.165) is 57.8 Å². The SMILES string of the molecule is CCCC/C=C\CCCCCCCC(=O)O[C@H](COC(=O)CCCCCCCCCCC)COP(=O)(O)OCCN. The second-order valence-corrected chi connectivity index (χ2v) is 12.1. The molecular formula is C31H60NO8P. The third-order valence-corrected chi connectivity index (χ3v) is 7.64. The summed E-state index contributed by atoms with van der Waals surface area (Å²) >= 11 is 0. The maximum atomic E-state index is 12.4. The molecule has 0 aromatic heterocycles. The highest BCUT2D eigenvalue weighted by atomic mass is 31.2. The molecule has 10 heteroatoms. The van der Waals surface area contributed by atoms with Crippen LogP contribution in [0.1, 0.15) is 142 Å². The lowest BCUT2D eigenvalue weighted by Crippen LogP contribution is -2.29. The molecule has 0 amide bonds. The van der Waals surface area contributed by atoms with Crippen LogP contribution in [0.5, 0.6) is 0 Å². The molecule has 0 saturated carbocycles. The zero-order valence-corrected chi connectivity index (χ0v) is 26.9. The molecule has 9 nitrogen and oxygen atoms in total. The molecule has 0 aromatic rings. The van der Waals surface area contributed by atoms with Gasteiger partial charge in [-0.25, -0.2) is 4.57 Å². The van der Waals surface area contributed by atoms with Crippen LogP contribution in [-0.2, 0) is 32.7 Å². The van der Waals surface area contributed by atoms with E-state index in [1.54, 1.807) is 0 Å². The summed E-state index contributed by atoms with van der Waals surface area (Å²) < 4.78 is 32.4. The van der Waals surface area contributed by atoms with E-state index < -0.39 is 26.5 Å². The number of rotatable bonds is 30. The van der Waals surface area contributed by atoms with Gasteiger partial charge < -0.3 is 20.1 Å². The maximum absolute atomic E-state index is 12.4. The van der Waals surface area contributed by atoms with Crippen LogP contribution in [0.3, 0.4) is 0 Å². The highest BCUT2D eigenvalue weighted by molar-refractivity contribution is 7.47. The van der Waals surface area contributed by atoms with Gasteiger partial charge in [0, 0.05) is 19.4 Å². The zero-order chi connectivity index (χ0) is 30.4. The van der Waals surface area contributed by atoms with Crippen molar-refractivity contribution in [3.63, 3.8) is 0 Å². The fourth-order valence-electron chi connectivity index (χ4n) is 4.20. The van der Waals surface area contributed by atoms with E-state index in [1.165, 1.54) is 51.4 Å². The molecule has 0 fully saturated rings. The molecule has 0 bridgehead atoms. The number of phosphoric acid groups is 1. The van der Waals surface area contributed by atoms with Crippen molar-refractivity contribution in [3.05, 3.63) is 12.2 Å². The van der Waals surface area contributed by atoms with Crippen LogP contribution in [0.25, 0.3) is 0 Å². The van der Waals surface area contributed by atoms with Crippen LogP contribution in [-0.4, -0.2) is 49.3 Å². The van der Waals surface area contributed by atoms with E-state index in [9.17, 15) is 19.0 Å². The molecule has 41 heavy (non-hydrogen) atoms. The largest absolute Gasteiger partial charge is 0.472 e. The average molecular weight is 606 g/mol. The molecule has 0 rings (SSSR count). The molecular weight excluding hydrogens is 545 g/mol. The first-order valence-electron chi connectivity index (χ1n) is 16.2. The van der Waals surface area contributed by atoms with Gasteiger partial charge in [0.05, 0.1) is 13.2 Å². The Bertz CT molecular complexity index is 704. The Morgan fingerprint density at radius 1 is 0.707 bits per heavy atom. The summed E-state index contributed by atoms with van der Waals surface area (Å²) in [4.78, 5) is 34.4. The molecule has 0 saturated heterocycles. The average Bonchev–Trinajstić information content (AvgIpc) is 2.95. The van der Waals surface area contributed by atoms with Gasteiger partial charge in [0.15, 0.2) is 6.10 Å². The number of esters is 2. The highest BCUT2D eigenvalue weighted by Crippen LogP contribution is 2.43. The Balaban J connectivity index is 4.33. The van der Waals surface area contributed by atoms with Gasteiger partial charge in [0.2, 0.25) is 0 Å². The van der Waals surface area contributed by atoms with Gasteiger partial charge in [-0.1, -0.05) is 109 Å². The summed E-state index contributed by atoms with van der Waals surface area (Å²) in [5.74, 6) is -0.844. The first kappa shape index (κ1) is 39.8. The van der Waals surface area contributed by atoms with Crippen LogP contribution < -0.4 is 5.73 Å². The molecule has 0 aliphatic carbocycles. The summed E-state index contributed by atoms with van der Waals surface area (Å²) in [5.41, 5.74) is 5.30. The van der Waals surface area contributed by atoms with Crippen molar-refractivity contribution in [2.45, 2.75) is 148 Å². The Hall–Kier alpha value is -1.25. The van der Waals surface area contributed by atoms with E-state index in [-0.39, 0.29) is 38.6 Å². The topological polar surface area (TPSA) is 134 Å². The van der Waals surface area contributed by atoms with Crippen molar-refractivity contribution in [1.29, 1.82) is 0 Å². The van der Waals surface area contributed by atoms with E-state index >= 15 is 0 Å². The normalized spacial score (nSPS) is 13.8. The molecule has 0 aromatic carbocycles. The fourth-order valence-corrected chi connectivity index (χ4v) is 4.97. The number of ether oxygens (including phenoxy) is 2. The van der Waals surface area contributed by atoms with Crippen LogP contribution in [0.15, 0.2) is 12.2 Å². The minimum absolute atomic E-state index is 0.0540. The molecule has 0 spiro atoms. The second kappa shape index (κ2) is 28.9. The van der Waals surface area contributed by atoms with Crippen molar-refractivity contribution in [1.82, 2.24) is 0 Å². The van der Waals surface area contributed by atoms with Crippen molar-refractivity contribution in [2.75, 3.05) is 26.4 Å². The number of hydrogen-bond acceptors (Lipinski definition) is 8. The van der Waals surface area contributed by atoms with Gasteiger partial charge in [0.25, 0.3) is 0 Å². The van der Waals surface area contributed by atoms with Crippen molar-refractivity contribution >= 4 is 19.8 Å². The maximum Gasteiger partial charge on any atom is 0.472 e. The number of nitrogens with two attached hydrogens (primary N) is 1. The third-order valence-electron chi connectivity index (χ3n) is 6.65. The van der Waals surface area contributed by atoms with Gasteiger partial charge in [-0.15, -0.1) is 0 Å². The lowest BCUT2D eigenvalue weighted by molar-refractivity contribution is -0.161. The zero-order valence-electron chi connectivity index (χ0n) is 26.0. The lowest BCUT2D eigenvalue weighted by Gasteiger charge is -2.19. The van der Waals surface area contributed by atoms with Gasteiger partial charge >= 0.3 is 19.8 Å². The smallest absolute Gasteiger partial charge is 0.462 e. The van der Waals surface area contributed by atoms with Crippen molar-refractivity contribution < 1.29 is 37.6 Å². The monoisotopic (exact) mass is 605 g/mol. The van der Waals surface area contributed by atoms with E-state index in [4.69, 9.17) is 24.3 Å². The summed E-state index contributed by atoms with van der Waals surface area (Å²) in [6.45, 7) is 3.63. The highest BCUT2D eigenvalue weighted by Gasteiger charge is 2.25. The number of hydrogen-bond donors (Lipinski definition) is 2. The summed E-state index contributed by atoms with van der Waals surface area (Å²) in [7, 11) is -4.36. The van der Waals surface area contributed by atoms with E-state index in [2.05, 4.69) is 26.0 Å². The number of allylic oxidation sites excluding steroid dienone is 2. The van der Waals surface area contributed by atoms with Gasteiger partial charge in [-0.05, 0) is 32.1 Å². The molecule has 0 aliphatic heterocycles. The van der Waals surface area contributed by atoms with Crippen LogP contribution in [0.2, 0.25) is 0 Å². The summed E-state index contributed by atoms with van der Waals surface area (Å²) in [5, 5.41) is 0. The number of carbonyl (C=O) groups excluding carboxylic acids is 2. The summed E-state index contributed by atoms with van der Waals surface area (Å²) in [6, 6.07) is 0. The molecule has 1 unspecified atom stereocenters. The first-order chi connectivity index (χ1) is 19.8. The Morgan fingerprint density at radius 3 is 1.80 bits per heavy atom. The van der Waals surface area contributed by atoms with Crippen LogP contribution in [0.4, 0.5) is 0 Å². The Morgan fingerprint density at radius 2 is 1.22 bits per heavy atom. The second-order valence-electron chi connectivity index (χ2n) is 10.7. The van der Waals surface area contributed by atoms with Gasteiger partial charge in [-0.2, -0.15) is 0 Å². The fraction of sp³-hybridized carbons (Fsp3) is 0.871. The lowest BCUT2D eigenvalue weighted by atomic mass is 10.1. The third kappa shape index (κ3) is 28.6. The number of unbranched alkanes of at least 4 members (excludes halogenated alkanes) is 15. The van der Waals surface area contributed by atoms with Crippen molar-refractivity contribution in [2.24, 2.45) is 5.73 Å². The van der Waals surface area contributed by atoms with Crippen LogP contribution in [0, 0.1) is 0 Å². The number of carbonyl (C=O) groups is 2. The minimum Gasteiger partial charge on any atom is -0.462 e. The molecule has 3 N–H and O–H groups in total. The van der Waals surface area contributed by atoms with Crippen LogP contribution >= 0.6 is 7.82 Å². The summed E-state index contributed by atoms with van der Waals surface area (Å²) in [6.07, 6.45) is 23.9. The first-order valence-corrected chi connectivity index (χ1v) is 17.7. The Labute approximate surface area is 249 Å². The van der Waals surface area contributed by atoms with E-state index in [0.29, 0.717) is 6.42 Å². The molecule has 242 valence electrons. The number of phosphoric ester groups is 1. The quantitative estimate of drug-likeness (QED) is 0.0362. The van der Waals surface area contributed by atoms with E-state index in [1.807, 2.05) is 0 Å².